The minimum atomic E-state index is -1.26. The van der Waals surface area contributed by atoms with E-state index in [0.29, 0.717) is 13.1 Å². The van der Waals surface area contributed by atoms with Crippen LogP contribution in [0.5, 0.6) is 0 Å². The normalized spacial score (nSPS) is 10.2. The van der Waals surface area contributed by atoms with E-state index in [1.54, 1.807) is 0 Å². The standard InChI is InChI=1S/C13H15N7O4/c14-1-2-16-12-18-11(15)19-13(20-12)17-8-4-6(9(21)22)3-7(5-8)10(23)24/h3-5H,1-2,14H2,(H,21,22)(H,23,24)(H4,15,16,17,18,19,20). The number of benzene rings is 1. The van der Waals surface area contributed by atoms with Gasteiger partial charge in [-0.25, -0.2) is 9.59 Å². The highest BCUT2D eigenvalue weighted by atomic mass is 16.4. The van der Waals surface area contributed by atoms with Gasteiger partial charge in [0.1, 0.15) is 0 Å². The first-order valence-corrected chi connectivity index (χ1v) is 6.73. The lowest BCUT2D eigenvalue weighted by Gasteiger charge is -2.09. The van der Waals surface area contributed by atoms with E-state index >= 15 is 0 Å². The van der Waals surface area contributed by atoms with Crippen LogP contribution in [-0.2, 0) is 0 Å². The second kappa shape index (κ2) is 7.19. The molecule has 24 heavy (non-hydrogen) atoms. The van der Waals surface area contributed by atoms with Crippen molar-refractivity contribution in [2.75, 3.05) is 29.5 Å². The van der Waals surface area contributed by atoms with Crippen molar-refractivity contribution in [1.82, 2.24) is 15.0 Å². The van der Waals surface area contributed by atoms with Gasteiger partial charge in [-0.05, 0) is 18.2 Å². The van der Waals surface area contributed by atoms with E-state index in [4.69, 9.17) is 21.7 Å². The summed E-state index contributed by atoms with van der Waals surface area (Å²) in [6.07, 6.45) is 0. The number of carboxylic acid groups (broad SMARTS) is 2. The van der Waals surface area contributed by atoms with Gasteiger partial charge in [0.2, 0.25) is 17.8 Å². The highest BCUT2D eigenvalue weighted by Crippen LogP contribution is 2.19. The highest BCUT2D eigenvalue weighted by molar-refractivity contribution is 5.95. The fourth-order valence-electron chi connectivity index (χ4n) is 1.79. The summed E-state index contributed by atoms with van der Waals surface area (Å²) in [5.74, 6) is -2.38. The molecule has 0 aliphatic rings. The molecule has 0 radical (unpaired) electrons. The van der Waals surface area contributed by atoms with Crippen LogP contribution in [0.25, 0.3) is 0 Å². The third-order valence-electron chi connectivity index (χ3n) is 2.76. The molecule has 1 aromatic carbocycles. The van der Waals surface area contributed by atoms with E-state index in [1.807, 2.05) is 0 Å². The molecule has 8 N–H and O–H groups in total. The van der Waals surface area contributed by atoms with Gasteiger partial charge in [-0.2, -0.15) is 15.0 Å². The Hall–Kier alpha value is -3.47. The Morgan fingerprint density at radius 3 is 2.12 bits per heavy atom. The molecule has 0 amide bonds. The van der Waals surface area contributed by atoms with Crippen molar-refractivity contribution in [3.63, 3.8) is 0 Å². The van der Waals surface area contributed by atoms with Gasteiger partial charge in [0.05, 0.1) is 11.1 Å². The molecule has 126 valence electrons. The minimum absolute atomic E-state index is 0.0286. The monoisotopic (exact) mass is 333 g/mol. The Bertz CT molecular complexity index is 749. The number of nitrogen functional groups attached to an aromatic ring is 1. The number of anilines is 4. The number of aromatic nitrogens is 3. The maximum absolute atomic E-state index is 11.1. The number of hydrogen-bond acceptors (Lipinski definition) is 9. The molecule has 0 saturated carbocycles. The summed E-state index contributed by atoms with van der Waals surface area (Å²) in [6.45, 7) is 0.775. The molecule has 0 aliphatic carbocycles. The van der Waals surface area contributed by atoms with Crippen LogP contribution < -0.4 is 22.1 Å². The summed E-state index contributed by atoms with van der Waals surface area (Å²) in [5, 5.41) is 23.7. The van der Waals surface area contributed by atoms with Gasteiger partial charge in [0.15, 0.2) is 0 Å². The first-order valence-electron chi connectivity index (χ1n) is 6.73. The average Bonchev–Trinajstić information content (AvgIpc) is 2.52. The van der Waals surface area contributed by atoms with Crippen molar-refractivity contribution in [1.29, 1.82) is 0 Å². The van der Waals surface area contributed by atoms with Crippen molar-refractivity contribution in [2.24, 2.45) is 5.73 Å². The average molecular weight is 333 g/mol. The Labute approximate surface area is 135 Å². The molecule has 0 atom stereocenters. The molecule has 2 aromatic rings. The second-order valence-corrected chi connectivity index (χ2v) is 4.59. The Balaban J connectivity index is 2.34. The molecule has 11 heteroatoms. The van der Waals surface area contributed by atoms with Crippen LogP contribution >= 0.6 is 0 Å². The molecule has 0 fully saturated rings. The summed E-state index contributed by atoms with van der Waals surface area (Å²) >= 11 is 0. The molecule has 1 heterocycles. The van der Waals surface area contributed by atoms with E-state index in [0.717, 1.165) is 6.07 Å². The zero-order valence-corrected chi connectivity index (χ0v) is 12.4. The van der Waals surface area contributed by atoms with E-state index in [1.165, 1.54) is 12.1 Å². The molecule has 1 aromatic heterocycles. The molecule has 0 saturated heterocycles. The number of aromatic carboxylic acids is 2. The van der Waals surface area contributed by atoms with Gasteiger partial charge in [0.25, 0.3) is 0 Å². The van der Waals surface area contributed by atoms with Crippen LogP contribution in [0.2, 0.25) is 0 Å². The predicted molar refractivity (Wildman–Crippen MR) is 85.4 cm³/mol. The van der Waals surface area contributed by atoms with Gasteiger partial charge in [-0.15, -0.1) is 0 Å². The third kappa shape index (κ3) is 4.27. The number of carbonyl (C=O) groups is 2. The quantitative estimate of drug-likeness (QED) is 0.398. The van der Waals surface area contributed by atoms with Crippen LogP contribution in [0.1, 0.15) is 20.7 Å². The van der Waals surface area contributed by atoms with E-state index in [-0.39, 0.29) is 34.7 Å². The zero-order valence-electron chi connectivity index (χ0n) is 12.4. The molecule has 0 bridgehead atoms. The third-order valence-corrected chi connectivity index (χ3v) is 2.76. The number of rotatable bonds is 7. The SMILES string of the molecule is NCCNc1nc(N)nc(Nc2cc(C(=O)O)cc(C(=O)O)c2)n1. The van der Waals surface area contributed by atoms with E-state index in [2.05, 4.69) is 25.6 Å². The number of nitrogens with two attached hydrogens (primary N) is 2. The number of carboxylic acids is 2. The molecule has 11 nitrogen and oxygen atoms in total. The first kappa shape index (κ1) is 16.9. The summed E-state index contributed by atoms with van der Waals surface area (Å²) in [6, 6.07) is 3.55. The van der Waals surface area contributed by atoms with Gasteiger partial charge in [-0.3, -0.25) is 0 Å². The molecule has 0 unspecified atom stereocenters. The van der Waals surface area contributed by atoms with Crippen LogP contribution in [0.15, 0.2) is 18.2 Å². The first-order chi connectivity index (χ1) is 11.4. The fourth-order valence-corrected chi connectivity index (χ4v) is 1.79. The predicted octanol–water partition coefficient (Wildman–Crippen LogP) is -0.0356. The van der Waals surface area contributed by atoms with Crippen LogP contribution in [0.4, 0.5) is 23.5 Å². The number of hydrogen-bond donors (Lipinski definition) is 6. The van der Waals surface area contributed by atoms with Gasteiger partial charge in [0, 0.05) is 18.8 Å². The largest absolute Gasteiger partial charge is 0.478 e. The maximum atomic E-state index is 11.1. The van der Waals surface area contributed by atoms with Crippen molar-refractivity contribution < 1.29 is 19.8 Å². The van der Waals surface area contributed by atoms with Crippen LogP contribution in [0, 0.1) is 0 Å². The summed E-state index contributed by atoms with van der Waals surface area (Å²) in [5.41, 5.74) is 10.7. The van der Waals surface area contributed by atoms with Gasteiger partial charge < -0.3 is 32.3 Å². The van der Waals surface area contributed by atoms with Gasteiger partial charge in [-0.1, -0.05) is 0 Å². The molecule has 0 spiro atoms. The summed E-state index contributed by atoms with van der Waals surface area (Å²) in [7, 11) is 0. The second-order valence-electron chi connectivity index (χ2n) is 4.59. The smallest absolute Gasteiger partial charge is 0.335 e. The summed E-state index contributed by atoms with van der Waals surface area (Å²) < 4.78 is 0. The lowest BCUT2D eigenvalue weighted by atomic mass is 10.1. The Morgan fingerprint density at radius 2 is 1.58 bits per heavy atom. The fraction of sp³-hybridized carbons (Fsp3) is 0.154. The van der Waals surface area contributed by atoms with Crippen LogP contribution in [0.3, 0.4) is 0 Å². The van der Waals surface area contributed by atoms with Crippen molar-refractivity contribution in [2.45, 2.75) is 0 Å². The lowest BCUT2D eigenvalue weighted by Crippen LogP contribution is -2.16. The van der Waals surface area contributed by atoms with Crippen molar-refractivity contribution in [3.8, 4) is 0 Å². The van der Waals surface area contributed by atoms with E-state index in [9.17, 15) is 9.59 Å². The zero-order chi connectivity index (χ0) is 17.7. The maximum Gasteiger partial charge on any atom is 0.335 e. The van der Waals surface area contributed by atoms with E-state index < -0.39 is 11.9 Å². The molecule has 2 rings (SSSR count). The molecular formula is C13H15N7O4. The lowest BCUT2D eigenvalue weighted by molar-refractivity contribution is 0.0696. The topological polar surface area (TPSA) is 189 Å². The Morgan fingerprint density at radius 1 is 1.00 bits per heavy atom. The Kier molecular flexibility index (Phi) is 5.06. The van der Waals surface area contributed by atoms with Gasteiger partial charge >= 0.3 is 11.9 Å². The van der Waals surface area contributed by atoms with Crippen molar-refractivity contribution >= 4 is 35.5 Å². The highest BCUT2D eigenvalue weighted by Gasteiger charge is 2.13. The molecule has 0 aliphatic heterocycles. The molecular weight excluding hydrogens is 318 g/mol. The summed E-state index contributed by atoms with van der Waals surface area (Å²) in [4.78, 5) is 34.0. The van der Waals surface area contributed by atoms with Crippen LogP contribution in [-0.4, -0.2) is 50.2 Å². The van der Waals surface area contributed by atoms with Crippen molar-refractivity contribution in [3.05, 3.63) is 29.3 Å². The number of nitrogens with zero attached hydrogens (tertiary/aromatic N) is 3. The number of nitrogens with one attached hydrogen (secondary N) is 2. The minimum Gasteiger partial charge on any atom is -0.478 e.